The van der Waals surface area contributed by atoms with Crippen LogP contribution in [0.4, 0.5) is 0 Å². The Morgan fingerprint density at radius 2 is 1.97 bits per heavy atom. The third-order valence-electron chi connectivity index (χ3n) is 6.32. The number of rotatable bonds is 5. The standard InChI is InChI=1S/C25H27ClO6/c1-3-25(2,30)16-6-4-14(5-7-16)10-15-11-18(17-8-9-31-24(17)22(15)26)20-12-19(28)23(29)21(13-27)32-20/h1,4-7,11,19-21,23,27-30H,8-10,12-13H2,2H3. The van der Waals surface area contributed by atoms with Crippen LogP contribution < -0.4 is 4.74 Å². The summed E-state index contributed by atoms with van der Waals surface area (Å²) in [5, 5.41) is 40.7. The highest BCUT2D eigenvalue weighted by atomic mass is 35.5. The zero-order valence-corrected chi connectivity index (χ0v) is 18.5. The van der Waals surface area contributed by atoms with Gasteiger partial charge in [0.1, 0.15) is 23.6 Å². The minimum atomic E-state index is -1.34. The molecule has 0 aliphatic carbocycles. The van der Waals surface area contributed by atoms with E-state index in [1.54, 1.807) is 19.1 Å². The molecule has 1 saturated heterocycles. The summed E-state index contributed by atoms with van der Waals surface area (Å²) in [5.41, 5.74) is 2.89. The first kappa shape index (κ1) is 23.1. The molecule has 0 aromatic heterocycles. The van der Waals surface area contributed by atoms with E-state index in [2.05, 4.69) is 5.92 Å². The maximum Gasteiger partial charge on any atom is 0.147 e. The van der Waals surface area contributed by atoms with Crippen molar-refractivity contribution in [2.24, 2.45) is 0 Å². The molecule has 4 N–H and O–H groups in total. The smallest absolute Gasteiger partial charge is 0.147 e. The molecule has 2 heterocycles. The van der Waals surface area contributed by atoms with Gasteiger partial charge in [-0.15, -0.1) is 6.42 Å². The monoisotopic (exact) mass is 458 g/mol. The Hall–Kier alpha value is -2.11. The lowest BCUT2D eigenvalue weighted by atomic mass is 9.88. The van der Waals surface area contributed by atoms with Gasteiger partial charge in [-0.2, -0.15) is 0 Å². The molecule has 0 radical (unpaired) electrons. The van der Waals surface area contributed by atoms with Gasteiger partial charge >= 0.3 is 0 Å². The molecule has 0 saturated carbocycles. The molecule has 4 rings (SSSR count). The number of fused-ring (bicyclic) bond motifs is 1. The van der Waals surface area contributed by atoms with Gasteiger partial charge in [0.2, 0.25) is 0 Å². The van der Waals surface area contributed by atoms with Crippen molar-refractivity contribution in [3.8, 4) is 18.1 Å². The number of hydrogen-bond donors (Lipinski definition) is 4. The highest BCUT2D eigenvalue weighted by Gasteiger charge is 2.39. The van der Waals surface area contributed by atoms with Gasteiger partial charge in [-0.05, 0) is 35.6 Å². The molecule has 2 aliphatic heterocycles. The van der Waals surface area contributed by atoms with Crippen molar-refractivity contribution in [2.45, 2.75) is 56.2 Å². The second kappa shape index (κ2) is 9.03. The third kappa shape index (κ3) is 4.25. The topological polar surface area (TPSA) is 99.4 Å². The molecular formula is C25H27ClO6. The molecule has 2 aromatic carbocycles. The predicted octanol–water partition coefficient (Wildman–Crippen LogP) is 2.25. The van der Waals surface area contributed by atoms with E-state index < -0.39 is 30.0 Å². The summed E-state index contributed by atoms with van der Waals surface area (Å²) in [7, 11) is 0. The van der Waals surface area contributed by atoms with E-state index in [0.29, 0.717) is 35.8 Å². The first-order valence-corrected chi connectivity index (χ1v) is 11.0. The number of terminal acetylenes is 1. The van der Waals surface area contributed by atoms with Crippen molar-refractivity contribution in [1.29, 1.82) is 0 Å². The number of ether oxygens (including phenoxy) is 2. The summed E-state index contributed by atoms with van der Waals surface area (Å²) in [6.45, 7) is 1.68. The van der Waals surface area contributed by atoms with Gasteiger partial charge in [-0.1, -0.05) is 47.9 Å². The lowest BCUT2D eigenvalue weighted by molar-refractivity contribution is -0.181. The summed E-state index contributed by atoms with van der Waals surface area (Å²) < 4.78 is 11.7. The van der Waals surface area contributed by atoms with E-state index in [-0.39, 0.29) is 13.0 Å². The highest BCUT2D eigenvalue weighted by molar-refractivity contribution is 6.33. The molecule has 2 aromatic rings. The Morgan fingerprint density at radius 1 is 1.25 bits per heavy atom. The van der Waals surface area contributed by atoms with Crippen molar-refractivity contribution in [3.05, 3.63) is 63.2 Å². The van der Waals surface area contributed by atoms with Crippen LogP contribution in [0.3, 0.4) is 0 Å². The second-order valence-corrected chi connectivity index (χ2v) is 8.95. The first-order valence-electron chi connectivity index (χ1n) is 10.6. The van der Waals surface area contributed by atoms with Crippen LogP contribution in [0.5, 0.6) is 5.75 Å². The van der Waals surface area contributed by atoms with E-state index in [0.717, 1.165) is 22.3 Å². The van der Waals surface area contributed by atoms with Gasteiger partial charge in [-0.3, -0.25) is 0 Å². The van der Waals surface area contributed by atoms with Crippen molar-refractivity contribution in [3.63, 3.8) is 0 Å². The maximum absolute atomic E-state index is 10.3. The number of aliphatic hydroxyl groups excluding tert-OH is 3. The molecule has 7 heteroatoms. The molecule has 0 spiro atoms. The largest absolute Gasteiger partial charge is 0.491 e. The van der Waals surface area contributed by atoms with Gasteiger partial charge in [0.25, 0.3) is 0 Å². The molecule has 0 bridgehead atoms. The second-order valence-electron chi connectivity index (χ2n) is 8.57. The third-order valence-corrected chi connectivity index (χ3v) is 6.73. The number of benzene rings is 2. The minimum Gasteiger partial charge on any atom is -0.491 e. The lowest BCUT2D eigenvalue weighted by Gasteiger charge is -2.37. The van der Waals surface area contributed by atoms with E-state index in [9.17, 15) is 20.4 Å². The fourth-order valence-corrected chi connectivity index (χ4v) is 4.67. The van der Waals surface area contributed by atoms with Crippen LogP contribution in [0.1, 0.15) is 47.3 Å². The van der Waals surface area contributed by atoms with Crippen LogP contribution in [0.15, 0.2) is 30.3 Å². The zero-order valence-electron chi connectivity index (χ0n) is 17.8. The molecule has 5 unspecified atom stereocenters. The number of aliphatic hydroxyl groups is 4. The van der Waals surface area contributed by atoms with Gasteiger partial charge < -0.3 is 29.9 Å². The van der Waals surface area contributed by atoms with Crippen LogP contribution in [0.25, 0.3) is 0 Å². The molecule has 6 nitrogen and oxygen atoms in total. The number of halogens is 1. The molecular weight excluding hydrogens is 432 g/mol. The van der Waals surface area contributed by atoms with Gasteiger partial charge in [0.05, 0.1) is 30.4 Å². The van der Waals surface area contributed by atoms with Crippen molar-refractivity contribution >= 4 is 11.6 Å². The Bertz CT molecular complexity index is 1030. The molecule has 0 amide bonds. The predicted molar refractivity (Wildman–Crippen MR) is 120 cm³/mol. The molecule has 1 fully saturated rings. The van der Waals surface area contributed by atoms with Crippen molar-refractivity contribution < 1.29 is 29.9 Å². The quantitative estimate of drug-likeness (QED) is 0.513. The van der Waals surface area contributed by atoms with Crippen LogP contribution in [-0.4, -0.2) is 52.0 Å². The average Bonchev–Trinajstić information content (AvgIpc) is 3.28. The van der Waals surface area contributed by atoms with E-state index >= 15 is 0 Å². The summed E-state index contributed by atoms with van der Waals surface area (Å²) >= 11 is 6.69. The zero-order chi connectivity index (χ0) is 23.0. The fraction of sp³-hybridized carbons (Fsp3) is 0.440. The van der Waals surface area contributed by atoms with Crippen LogP contribution >= 0.6 is 11.6 Å². The van der Waals surface area contributed by atoms with Crippen LogP contribution in [0, 0.1) is 12.3 Å². The molecule has 5 atom stereocenters. The van der Waals surface area contributed by atoms with Crippen LogP contribution in [-0.2, 0) is 23.2 Å². The molecule has 32 heavy (non-hydrogen) atoms. The maximum atomic E-state index is 10.3. The number of hydrogen-bond acceptors (Lipinski definition) is 6. The lowest BCUT2D eigenvalue weighted by Crippen LogP contribution is -2.47. The summed E-state index contributed by atoms with van der Waals surface area (Å²) in [6.07, 6.45) is 3.31. The fourth-order valence-electron chi connectivity index (χ4n) is 4.38. The molecule has 170 valence electrons. The Kier molecular flexibility index (Phi) is 6.51. The molecule has 2 aliphatic rings. The van der Waals surface area contributed by atoms with Gasteiger partial charge in [0.15, 0.2) is 0 Å². The van der Waals surface area contributed by atoms with Crippen molar-refractivity contribution in [1.82, 2.24) is 0 Å². The summed E-state index contributed by atoms with van der Waals surface area (Å²) in [5.74, 6) is 2.99. The van der Waals surface area contributed by atoms with Crippen LogP contribution in [0.2, 0.25) is 5.02 Å². The summed E-state index contributed by atoms with van der Waals surface area (Å²) in [6, 6.07) is 9.34. The SMILES string of the molecule is C#CC(C)(O)c1ccc(Cc2cc(C3CC(O)C(O)C(CO)O3)c3c(c2Cl)OCC3)cc1. The average molecular weight is 459 g/mol. The van der Waals surface area contributed by atoms with E-state index in [4.69, 9.17) is 27.5 Å². The Morgan fingerprint density at radius 3 is 2.62 bits per heavy atom. The highest BCUT2D eigenvalue weighted by Crippen LogP contribution is 2.44. The van der Waals surface area contributed by atoms with E-state index in [1.165, 1.54) is 0 Å². The van der Waals surface area contributed by atoms with Gasteiger partial charge in [0, 0.05) is 18.4 Å². The Balaban J connectivity index is 1.67. The summed E-state index contributed by atoms with van der Waals surface area (Å²) in [4.78, 5) is 0. The van der Waals surface area contributed by atoms with Gasteiger partial charge in [-0.25, -0.2) is 0 Å². The van der Waals surface area contributed by atoms with E-state index in [1.807, 2.05) is 18.2 Å². The Labute approximate surface area is 192 Å². The normalized spacial score (nSPS) is 26.7. The first-order chi connectivity index (χ1) is 15.2. The minimum absolute atomic E-state index is 0.209. The van der Waals surface area contributed by atoms with Crippen molar-refractivity contribution in [2.75, 3.05) is 13.2 Å².